The van der Waals surface area contributed by atoms with Crippen molar-refractivity contribution >= 4 is 5.91 Å². The summed E-state index contributed by atoms with van der Waals surface area (Å²) in [5.74, 6) is 1.05. The van der Waals surface area contributed by atoms with E-state index in [1.165, 1.54) is 0 Å². The third-order valence-corrected chi connectivity index (χ3v) is 3.96. The monoisotopic (exact) mass is 333 g/mol. The molecule has 130 valence electrons. The van der Waals surface area contributed by atoms with E-state index in [0.29, 0.717) is 37.1 Å². The van der Waals surface area contributed by atoms with Crippen LogP contribution in [0.5, 0.6) is 0 Å². The summed E-state index contributed by atoms with van der Waals surface area (Å²) < 4.78 is 13.0. The number of ether oxygens (including phenoxy) is 1. The van der Waals surface area contributed by atoms with E-state index in [1.807, 2.05) is 13.8 Å². The molecular weight excluding hydrogens is 310 g/mol. The van der Waals surface area contributed by atoms with Gasteiger partial charge in [-0.15, -0.1) is 10.2 Å². The molecule has 0 aromatic carbocycles. The van der Waals surface area contributed by atoms with Gasteiger partial charge < -0.3 is 14.1 Å². The van der Waals surface area contributed by atoms with Crippen LogP contribution < -0.4 is 0 Å². The Balaban J connectivity index is 1.81. The standard InChI is InChI=1S/C16H23N5O3/c1-4-5-20-9-12(8-17-20)16(22)21-6-7-23-10-13(21)15-19-18-14(24-15)11(2)3/h8-9,11,13H,4-7,10H2,1-3H3/t13-/m1/s1. The van der Waals surface area contributed by atoms with Crippen LogP contribution >= 0.6 is 0 Å². The molecule has 1 aliphatic heterocycles. The van der Waals surface area contributed by atoms with Gasteiger partial charge in [0.05, 0.1) is 25.0 Å². The molecular formula is C16H23N5O3. The minimum Gasteiger partial charge on any atom is -0.423 e. The maximum Gasteiger partial charge on any atom is 0.257 e. The molecule has 2 aromatic rings. The van der Waals surface area contributed by atoms with Crippen LogP contribution in [0.4, 0.5) is 0 Å². The van der Waals surface area contributed by atoms with E-state index in [9.17, 15) is 4.79 Å². The SMILES string of the molecule is CCCn1cc(C(=O)N2CCOC[C@@H]2c2nnc(C(C)C)o2)cn1. The zero-order valence-electron chi connectivity index (χ0n) is 14.3. The Morgan fingerprint density at radius 3 is 2.96 bits per heavy atom. The van der Waals surface area contributed by atoms with Crippen LogP contribution in [-0.4, -0.2) is 50.5 Å². The highest BCUT2D eigenvalue weighted by molar-refractivity contribution is 5.94. The second-order valence-electron chi connectivity index (χ2n) is 6.21. The molecule has 1 aliphatic rings. The minimum atomic E-state index is -0.360. The first-order valence-electron chi connectivity index (χ1n) is 8.34. The van der Waals surface area contributed by atoms with Crippen molar-refractivity contribution in [3.8, 4) is 0 Å². The van der Waals surface area contributed by atoms with Crippen molar-refractivity contribution in [2.24, 2.45) is 0 Å². The number of hydrogen-bond donors (Lipinski definition) is 0. The summed E-state index contributed by atoms with van der Waals surface area (Å²) in [6, 6.07) is -0.360. The maximum absolute atomic E-state index is 12.9. The Morgan fingerprint density at radius 1 is 1.42 bits per heavy atom. The Morgan fingerprint density at radius 2 is 2.25 bits per heavy atom. The lowest BCUT2D eigenvalue weighted by Gasteiger charge is -2.33. The van der Waals surface area contributed by atoms with E-state index in [4.69, 9.17) is 9.15 Å². The number of morpholine rings is 1. The van der Waals surface area contributed by atoms with Crippen molar-refractivity contribution in [1.82, 2.24) is 24.9 Å². The van der Waals surface area contributed by atoms with Crippen molar-refractivity contribution in [3.63, 3.8) is 0 Å². The molecule has 1 fully saturated rings. The fourth-order valence-electron chi connectivity index (χ4n) is 2.66. The van der Waals surface area contributed by atoms with Crippen molar-refractivity contribution < 1.29 is 13.9 Å². The molecule has 0 unspecified atom stereocenters. The number of carbonyl (C=O) groups is 1. The van der Waals surface area contributed by atoms with E-state index in [1.54, 1.807) is 22.0 Å². The number of aromatic nitrogens is 4. The fraction of sp³-hybridized carbons (Fsp3) is 0.625. The van der Waals surface area contributed by atoms with Crippen molar-refractivity contribution in [3.05, 3.63) is 29.7 Å². The van der Waals surface area contributed by atoms with Gasteiger partial charge >= 0.3 is 0 Å². The lowest BCUT2D eigenvalue weighted by Crippen LogP contribution is -2.43. The molecule has 0 spiro atoms. The summed E-state index contributed by atoms with van der Waals surface area (Å²) in [6.07, 6.45) is 4.36. The molecule has 0 N–H and O–H groups in total. The maximum atomic E-state index is 12.9. The second kappa shape index (κ2) is 7.12. The quantitative estimate of drug-likeness (QED) is 0.832. The Kier molecular flexibility index (Phi) is 4.94. The van der Waals surface area contributed by atoms with Gasteiger partial charge in [0.1, 0.15) is 6.04 Å². The molecule has 3 rings (SSSR count). The van der Waals surface area contributed by atoms with Crippen LogP contribution in [0.25, 0.3) is 0 Å². The van der Waals surface area contributed by atoms with Crippen LogP contribution in [0.3, 0.4) is 0 Å². The van der Waals surface area contributed by atoms with E-state index in [0.717, 1.165) is 13.0 Å². The minimum absolute atomic E-state index is 0.0880. The van der Waals surface area contributed by atoms with Gasteiger partial charge in [0.2, 0.25) is 11.8 Å². The third-order valence-electron chi connectivity index (χ3n) is 3.96. The lowest BCUT2D eigenvalue weighted by molar-refractivity contribution is -0.0107. The second-order valence-corrected chi connectivity index (χ2v) is 6.21. The van der Waals surface area contributed by atoms with Crippen LogP contribution in [0, 0.1) is 0 Å². The first kappa shape index (κ1) is 16.6. The van der Waals surface area contributed by atoms with E-state index < -0.39 is 0 Å². The molecule has 8 heteroatoms. The average molecular weight is 333 g/mol. The molecule has 0 bridgehead atoms. The van der Waals surface area contributed by atoms with Crippen molar-refractivity contribution in [2.75, 3.05) is 19.8 Å². The van der Waals surface area contributed by atoms with Crippen LogP contribution in [0.2, 0.25) is 0 Å². The molecule has 1 saturated heterocycles. The van der Waals surface area contributed by atoms with Gasteiger partial charge in [-0.05, 0) is 6.42 Å². The van der Waals surface area contributed by atoms with Gasteiger partial charge in [-0.3, -0.25) is 9.48 Å². The van der Waals surface area contributed by atoms with Gasteiger partial charge in [0.25, 0.3) is 5.91 Å². The molecule has 1 amide bonds. The topological polar surface area (TPSA) is 86.3 Å². The smallest absolute Gasteiger partial charge is 0.257 e. The van der Waals surface area contributed by atoms with Gasteiger partial charge in [-0.1, -0.05) is 20.8 Å². The highest BCUT2D eigenvalue weighted by Gasteiger charge is 2.34. The number of nitrogens with zero attached hydrogens (tertiary/aromatic N) is 5. The van der Waals surface area contributed by atoms with Gasteiger partial charge in [0.15, 0.2) is 0 Å². The molecule has 0 aliphatic carbocycles. The van der Waals surface area contributed by atoms with Crippen LogP contribution in [0.15, 0.2) is 16.8 Å². The summed E-state index contributed by atoms with van der Waals surface area (Å²) in [4.78, 5) is 14.6. The Hall–Kier alpha value is -2.22. The lowest BCUT2D eigenvalue weighted by atomic mass is 10.2. The van der Waals surface area contributed by atoms with Gasteiger partial charge in [-0.2, -0.15) is 5.10 Å². The third kappa shape index (κ3) is 3.33. The summed E-state index contributed by atoms with van der Waals surface area (Å²) in [5.41, 5.74) is 0.568. The largest absolute Gasteiger partial charge is 0.423 e. The molecule has 3 heterocycles. The number of rotatable bonds is 5. The summed E-state index contributed by atoms with van der Waals surface area (Å²) >= 11 is 0. The number of carbonyl (C=O) groups excluding carboxylic acids is 1. The van der Waals surface area contributed by atoms with Crippen molar-refractivity contribution in [2.45, 2.75) is 45.7 Å². The zero-order chi connectivity index (χ0) is 17.1. The van der Waals surface area contributed by atoms with E-state index >= 15 is 0 Å². The Labute approximate surface area is 140 Å². The molecule has 8 nitrogen and oxygen atoms in total. The van der Waals surface area contributed by atoms with Gasteiger partial charge in [0, 0.05) is 25.2 Å². The predicted octanol–water partition coefficient (Wildman–Crippen LogP) is 2.01. The summed E-state index contributed by atoms with van der Waals surface area (Å²) in [5, 5.41) is 12.4. The highest BCUT2D eigenvalue weighted by atomic mass is 16.5. The zero-order valence-corrected chi connectivity index (χ0v) is 14.3. The fourth-order valence-corrected chi connectivity index (χ4v) is 2.66. The van der Waals surface area contributed by atoms with E-state index in [2.05, 4.69) is 22.2 Å². The summed E-state index contributed by atoms with van der Waals surface area (Å²) in [7, 11) is 0. The normalized spacial score (nSPS) is 18.3. The average Bonchev–Trinajstić information content (AvgIpc) is 3.24. The van der Waals surface area contributed by atoms with Gasteiger partial charge in [-0.25, -0.2) is 0 Å². The number of amides is 1. The van der Waals surface area contributed by atoms with E-state index in [-0.39, 0.29) is 17.9 Å². The summed E-state index contributed by atoms with van der Waals surface area (Å²) in [6.45, 7) is 8.18. The first-order chi connectivity index (χ1) is 11.6. The van der Waals surface area contributed by atoms with Crippen molar-refractivity contribution in [1.29, 1.82) is 0 Å². The highest BCUT2D eigenvalue weighted by Crippen LogP contribution is 2.26. The number of hydrogen-bond acceptors (Lipinski definition) is 6. The number of aryl methyl sites for hydroxylation is 1. The van der Waals surface area contributed by atoms with Crippen LogP contribution in [-0.2, 0) is 11.3 Å². The Bertz CT molecular complexity index is 693. The molecule has 0 saturated carbocycles. The first-order valence-corrected chi connectivity index (χ1v) is 8.34. The molecule has 24 heavy (non-hydrogen) atoms. The predicted molar refractivity (Wildman–Crippen MR) is 85.5 cm³/mol. The molecule has 0 radical (unpaired) electrons. The van der Waals surface area contributed by atoms with Crippen LogP contribution in [0.1, 0.15) is 61.3 Å². The molecule has 1 atom stereocenters. The molecule has 2 aromatic heterocycles.